The molecule has 20 heavy (non-hydrogen) atoms. The van der Waals surface area contributed by atoms with E-state index in [1.807, 2.05) is 4.90 Å². The van der Waals surface area contributed by atoms with E-state index in [1.54, 1.807) is 7.05 Å². The molecule has 0 N–H and O–H groups in total. The van der Waals surface area contributed by atoms with E-state index in [0.717, 1.165) is 13.2 Å². The lowest BCUT2D eigenvalue weighted by atomic mass is 9.62. The van der Waals surface area contributed by atoms with E-state index in [2.05, 4.69) is 6.58 Å². The number of amides is 2. The van der Waals surface area contributed by atoms with Gasteiger partial charge in [0.2, 0.25) is 11.8 Å². The highest BCUT2D eigenvalue weighted by molar-refractivity contribution is 5.90. The van der Waals surface area contributed by atoms with Crippen molar-refractivity contribution < 1.29 is 14.3 Å². The van der Waals surface area contributed by atoms with Crippen molar-refractivity contribution in [3.63, 3.8) is 0 Å². The van der Waals surface area contributed by atoms with Crippen LogP contribution in [-0.4, -0.2) is 61.0 Å². The van der Waals surface area contributed by atoms with Crippen LogP contribution in [0.1, 0.15) is 19.3 Å². The summed E-state index contributed by atoms with van der Waals surface area (Å²) in [7, 11) is 1.64. The second kappa shape index (κ2) is 4.88. The van der Waals surface area contributed by atoms with Gasteiger partial charge in [-0.05, 0) is 24.3 Å². The zero-order valence-corrected chi connectivity index (χ0v) is 12.0. The number of likely N-dealkylation sites (N-methyl/N-ethyl adjacent to an activating group) is 1. The minimum Gasteiger partial charge on any atom is -0.379 e. The van der Waals surface area contributed by atoms with E-state index < -0.39 is 0 Å². The van der Waals surface area contributed by atoms with Crippen LogP contribution in [0.3, 0.4) is 0 Å². The van der Waals surface area contributed by atoms with Gasteiger partial charge >= 0.3 is 0 Å². The molecule has 2 heterocycles. The highest BCUT2D eigenvalue weighted by atomic mass is 16.5. The normalized spacial score (nSPS) is 29.9. The number of hydrogen-bond donors (Lipinski definition) is 0. The molecule has 2 atom stereocenters. The van der Waals surface area contributed by atoms with E-state index in [1.165, 1.54) is 30.2 Å². The van der Waals surface area contributed by atoms with Gasteiger partial charge in [-0.15, -0.1) is 0 Å². The summed E-state index contributed by atoms with van der Waals surface area (Å²) in [5.41, 5.74) is 0.303. The van der Waals surface area contributed by atoms with Crippen LogP contribution in [0.4, 0.5) is 0 Å². The van der Waals surface area contributed by atoms with Crippen LogP contribution in [0.15, 0.2) is 12.7 Å². The van der Waals surface area contributed by atoms with E-state index >= 15 is 0 Å². The van der Waals surface area contributed by atoms with Crippen molar-refractivity contribution in [2.75, 3.05) is 33.4 Å². The molecule has 0 unspecified atom stereocenters. The molecule has 3 rings (SSSR count). The Morgan fingerprint density at radius 1 is 1.45 bits per heavy atom. The number of carbonyl (C=O) groups excluding carboxylic acids is 2. The Hall–Kier alpha value is -1.36. The summed E-state index contributed by atoms with van der Waals surface area (Å²) in [5, 5.41) is 0. The van der Waals surface area contributed by atoms with Crippen LogP contribution in [0.5, 0.6) is 0 Å². The lowest BCUT2D eigenvalue weighted by Crippen LogP contribution is -2.45. The van der Waals surface area contributed by atoms with Crippen molar-refractivity contribution in [2.45, 2.75) is 25.3 Å². The van der Waals surface area contributed by atoms with Gasteiger partial charge in [0.25, 0.3) is 0 Å². The van der Waals surface area contributed by atoms with Crippen molar-refractivity contribution >= 4 is 11.8 Å². The SMILES string of the molecule is C=CC(=O)N(C)CC(=O)N1CC2(CCC2)[C@@H]2COC[C@@H]21. The lowest BCUT2D eigenvalue weighted by Gasteiger charge is -2.42. The minimum atomic E-state index is -0.213. The third-order valence-electron chi connectivity index (χ3n) is 5.32. The fourth-order valence-corrected chi connectivity index (χ4v) is 3.97. The number of likely N-dealkylation sites (tertiary alicyclic amines) is 1. The monoisotopic (exact) mass is 278 g/mol. The van der Waals surface area contributed by atoms with Gasteiger partial charge in [-0.1, -0.05) is 13.0 Å². The molecule has 5 nitrogen and oxygen atoms in total. The lowest BCUT2D eigenvalue weighted by molar-refractivity contribution is -0.138. The van der Waals surface area contributed by atoms with Crippen molar-refractivity contribution in [1.82, 2.24) is 9.80 Å². The molecule has 0 aromatic heterocycles. The topological polar surface area (TPSA) is 49.9 Å². The fourth-order valence-electron chi connectivity index (χ4n) is 3.97. The molecule has 2 amide bonds. The summed E-state index contributed by atoms with van der Waals surface area (Å²) in [6.45, 7) is 5.86. The first-order valence-electron chi connectivity index (χ1n) is 7.32. The average Bonchev–Trinajstić information content (AvgIpc) is 2.96. The van der Waals surface area contributed by atoms with Crippen molar-refractivity contribution in [1.29, 1.82) is 0 Å². The molecule has 2 aliphatic heterocycles. The highest BCUT2D eigenvalue weighted by Crippen LogP contribution is 2.55. The van der Waals surface area contributed by atoms with Gasteiger partial charge in [0.1, 0.15) is 0 Å². The number of fused-ring (bicyclic) bond motifs is 2. The molecule has 0 radical (unpaired) electrons. The first kappa shape index (κ1) is 13.6. The van der Waals surface area contributed by atoms with Crippen LogP contribution in [0, 0.1) is 11.3 Å². The van der Waals surface area contributed by atoms with Crippen LogP contribution in [-0.2, 0) is 14.3 Å². The van der Waals surface area contributed by atoms with Crippen LogP contribution < -0.4 is 0 Å². The van der Waals surface area contributed by atoms with E-state index in [0.29, 0.717) is 17.9 Å². The average molecular weight is 278 g/mol. The molecular formula is C15H22N2O3. The summed E-state index contributed by atoms with van der Waals surface area (Å²) < 4.78 is 5.61. The zero-order valence-electron chi connectivity index (χ0n) is 12.0. The standard InChI is InChI=1S/C15H22N2O3/c1-3-13(18)16(2)7-14(19)17-10-15(5-4-6-15)11-8-20-9-12(11)17/h3,11-12H,1,4-10H2,2H3/t11-,12+/m1/s1. The van der Waals surface area contributed by atoms with E-state index in [4.69, 9.17) is 4.74 Å². The van der Waals surface area contributed by atoms with Gasteiger partial charge in [0, 0.05) is 19.5 Å². The molecule has 1 aliphatic carbocycles. The third kappa shape index (κ3) is 1.95. The zero-order chi connectivity index (χ0) is 14.3. The first-order chi connectivity index (χ1) is 9.57. The second-order valence-corrected chi connectivity index (χ2v) is 6.35. The second-order valence-electron chi connectivity index (χ2n) is 6.35. The van der Waals surface area contributed by atoms with Gasteiger partial charge in [-0.3, -0.25) is 9.59 Å². The Morgan fingerprint density at radius 2 is 2.20 bits per heavy atom. The largest absolute Gasteiger partial charge is 0.379 e. The van der Waals surface area contributed by atoms with Gasteiger partial charge in [0.15, 0.2) is 0 Å². The third-order valence-corrected chi connectivity index (χ3v) is 5.32. The molecule has 0 bridgehead atoms. The summed E-state index contributed by atoms with van der Waals surface area (Å²) in [5.74, 6) is 0.322. The Balaban J connectivity index is 1.69. The van der Waals surface area contributed by atoms with Crippen molar-refractivity contribution in [3.8, 4) is 0 Å². The maximum Gasteiger partial charge on any atom is 0.246 e. The Morgan fingerprint density at radius 3 is 2.80 bits per heavy atom. The summed E-state index contributed by atoms with van der Waals surface area (Å²) in [4.78, 5) is 27.4. The number of carbonyl (C=O) groups is 2. The Kier molecular flexibility index (Phi) is 3.32. The van der Waals surface area contributed by atoms with Gasteiger partial charge < -0.3 is 14.5 Å². The van der Waals surface area contributed by atoms with Crippen molar-refractivity contribution in [3.05, 3.63) is 12.7 Å². The summed E-state index contributed by atoms with van der Waals surface area (Å²) >= 11 is 0. The van der Waals surface area contributed by atoms with Gasteiger partial charge in [-0.2, -0.15) is 0 Å². The summed E-state index contributed by atoms with van der Waals surface area (Å²) in [6.07, 6.45) is 4.93. The predicted molar refractivity (Wildman–Crippen MR) is 73.9 cm³/mol. The maximum absolute atomic E-state index is 12.5. The molecular weight excluding hydrogens is 256 g/mol. The molecule has 3 aliphatic rings. The maximum atomic E-state index is 12.5. The molecule has 3 fully saturated rings. The van der Waals surface area contributed by atoms with Gasteiger partial charge in [-0.25, -0.2) is 0 Å². The number of rotatable bonds is 3. The Bertz CT molecular complexity index is 444. The van der Waals surface area contributed by atoms with Gasteiger partial charge in [0.05, 0.1) is 25.8 Å². The number of nitrogens with zero attached hydrogens (tertiary/aromatic N) is 2. The predicted octanol–water partition coefficient (Wildman–Crippen LogP) is 0.658. The summed E-state index contributed by atoms with van der Waals surface area (Å²) in [6, 6.07) is 0.218. The molecule has 0 aromatic carbocycles. The quantitative estimate of drug-likeness (QED) is 0.713. The minimum absolute atomic E-state index is 0.0342. The smallest absolute Gasteiger partial charge is 0.246 e. The first-order valence-corrected chi connectivity index (χ1v) is 7.32. The number of ether oxygens (including phenoxy) is 1. The van der Waals surface area contributed by atoms with Crippen LogP contribution in [0.2, 0.25) is 0 Å². The van der Waals surface area contributed by atoms with E-state index in [9.17, 15) is 9.59 Å². The molecule has 1 spiro atoms. The van der Waals surface area contributed by atoms with Crippen LogP contribution in [0.25, 0.3) is 0 Å². The van der Waals surface area contributed by atoms with Crippen LogP contribution >= 0.6 is 0 Å². The van der Waals surface area contributed by atoms with E-state index in [-0.39, 0.29) is 24.4 Å². The fraction of sp³-hybridized carbons (Fsp3) is 0.733. The molecule has 5 heteroatoms. The molecule has 1 saturated carbocycles. The highest BCUT2D eigenvalue weighted by Gasteiger charge is 2.58. The molecule has 0 aromatic rings. The molecule has 2 saturated heterocycles. The van der Waals surface area contributed by atoms with Crippen molar-refractivity contribution in [2.24, 2.45) is 11.3 Å². The molecule has 110 valence electrons. The number of hydrogen-bond acceptors (Lipinski definition) is 3. The Labute approximate surface area is 119 Å².